The second kappa shape index (κ2) is 5.04. The number of carbonyl (C=O) groups is 2. The highest BCUT2D eigenvalue weighted by Crippen LogP contribution is 2.29. The highest BCUT2D eigenvalue weighted by molar-refractivity contribution is 5.82. The molecule has 0 bridgehead atoms. The van der Waals surface area contributed by atoms with E-state index in [4.69, 9.17) is 5.73 Å². The molecule has 2 fully saturated rings. The van der Waals surface area contributed by atoms with E-state index in [0.29, 0.717) is 13.1 Å². The van der Waals surface area contributed by atoms with Gasteiger partial charge in [-0.05, 0) is 32.6 Å². The van der Waals surface area contributed by atoms with Crippen LogP contribution in [0.5, 0.6) is 0 Å². The predicted molar refractivity (Wildman–Crippen MR) is 64.1 cm³/mol. The highest BCUT2D eigenvalue weighted by Gasteiger charge is 2.32. The number of hydrogen-bond donors (Lipinski definition) is 2. The van der Waals surface area contributed by atoms with E-state index in [9.17, 15) is 9.59 Å². The maximum Gasteiger partial charge on any atom is 0.239 e. The molecule has 1 heterocycles. The van der Waals surface area contributed by atoms with Crippen LogP contribution in [-0.4, -0.2) is 41.9 Å². The van der Waals surface area contributed by atoms with Gasteiger partial charge in [0, 0.05) is 25.0 Å². The molecule has 1 aliphatic carbocycles. The molecule has 0 spiro atoms. The van der Waals surface area contributed by atoms with Gasteiger partial charge in [0.15, 0.2) is 0 Å². The average molecular weight is 239 g/mol. The van der Waals surface area contributed by atoms with Crippen molar-refractivity contribution in [2.75, 3.05) is 13.1 Å². The number of nitrogens with two attached hydrogens (primary N) is 1. The zero-order valence-electron chi connectivity index (χ0n) is 10.3. The summed E-state index contributed by atoms with van der Waals surface area (Å²) in [6.45, 7) is 3.12. The second-order valence-corrected chi connectivity index (χ2v) is 5.17. The van der Waals surface area contributed by atoms with E-state index in [-0.39, 0.29) is 23.8 Å². The fourth-order valence-electron chi connectivity index (χ4n) is 2.20. The SMILES string of the molecule is CC(N)C(=O)N1CCC(NC(=O)C2CC2)CC1. The summed E-state index contributed by atoms with van der Waals surface area (Å²) in [5.41, 5.74) is 5.57. The van der Waals surface area contributed by atoms with Crippen LogP contribution in [-0.2, 0) is 9.59 Å². The Morgan fingerprint density at radius 1 is 1.24 bits per heavy atom. The van der Waals surface area contributed by atoms with Crippen molar-refractivity contribution in [3.05, 3.63) is 0 Å². The van der Waals surface area contributed by atoms with Gasteiger partial charge in [-0.3, -0.25) is 9.59 Å². The molecule has 17 heavy (non-hydrogen) atoms. The van der Waals surface area contributed by atoms with Gasteiger partial charge in [0.2, 0.25) is 11.8 Å². The second-order valence-electron chi connectivity index (χ2n) is 5.17. The Bertz CT molecular complexity index is 305. The molecule has 0 aromatic rings. The van der Waals surface area contributed by atoms with Crippen molar-refractivity contribution in [3.8, 4) is 0 Å². The van der Waals surface area contributed by atoms with Gasteiger partial charge in [0.05, 0.1) is 6.04 Å². The number of nitrogens with zero attached hydrogens (tertiary/aromatic N) is 1. The summed E-state index contributed by atoms with van der Waals surface area (Å²) in [6.07, 6.45) is 3.76. The van der Waals surface area contributed by atoms with Gasteiger partial charge >= 0.3 is 0 Å². The summed E-state index contributed by atoms with van der Waals surface area (Å²) in [6, 6.07) is -0.187. The maximum absolute atomic E-state index is 11.7. The topological polar surface area (TPSA) is 75.4 Å². The molecule has 96 valence electrons. The third-order valence-corrected chi connectivity index (χ3v) is 3.49. The van der Waals surface area contributed by atoms with Crippen molar-refractivity contribution in [3.63, 3.8) is 0 Å². The number of amides is 2. The largest absolute Gasteiger partial charge is 0.353 e. The van der Waals surface area contributed by atoms with Gasteiger partial charge in [-0.25, -0.2) is 0 Å². The van der Waals surface area contributed by atoms with Gasteiger partial charge in [0.25, 0.3) is 0 Å². The molecule has 2 amide bonds. The van der Waals surface area contributed by atoms with Crippen LogP contribution in [0.15, 0.2) is 0 Å². The Labute approximate surface area is 102 Å². The minimum Gasteiger partial charge on any atom is -0.353 e. The number of rotatable bonds is 3. The molecule has 0 aromatic heterocycles. The van der Waals surface area contributed by atoms with E-state index >= 15 is 0 Å². The van der Waals surface area contributed by atoms with Crippen LogP contribution < -0.4 is 11.1 Å². The molecule has 0 aromatic carbocycles. The van der Waals surface area contributed by atoms with Crippen LogP contribution in [0.1, 0.15) is 32.6 Å². The summed E-state index contributed by atoms with van der Waals surface area (Å²) in [7, 11) is 0. The van der Waals surface area contributed by atoms with Crippen LogP contribution in [0.2, 0.25) is 0 Å². The fourth-order valence-corrected chi connectivity index (χ4v) is 2.20. The summed E-state index contributed by atoms with van der Waals surface area (Å²) in [5, 5.41) is 3.06. The van der Waals surface area contributed by atoms with E-state index in [1.165, 1.54) is 0 Å². The zero-order valence-corrected chi connectivity index (χ0v) is 10.3. The van der Waals surface area contributed by atoms with E-state index in [0.717, 1.165) is 25.7 Å². The van der Waals surface area contributed by atoms with Gasteiger partial charge in [-0.15, -0.1) is 0 Å². The smallest absolute Gasteiger partial charge is 0.239 e. The predicted octanol–water partition coefficient (Wildman–Crippen LogP) is -0.149. The molecule has 1 aliphatic heterocycles. The van der Waals surface area contributed by atoms with Gasteiger partial charge in [-0.1, -0.05) is 0 Å². The van der Waals surface area contributed by atoms with Crippen molar-refractivity contribution >= 4 is 11.8 Å². The van der Waals surface area contributed by atoms with Crippen LogP contribution in [0.4, 0.5) is 0 Å². The Balaban J connectivity index is 1.73. The molecular weight excluding hydrogens is 218 g/mol. The lowest BCUT2D eigenvalue weighted by Crippen LogP contribution is -2.50. The third kappa shape index (κ3) is 3.19. The first kappa shape index (κ1) is 12.4. The van der Waals surface area contributed by atoms with Crippen LogP contribution >= 0.6 is 0 Å². The minimum atomic E-state index is -0.424. The zero-order chi connectivity index (χ0) is 12.4. The summed E-state index contributed by atoms with van der Waals surface area (Å²) >= 11 is 0. The van der Waals surface area contributed by atoms with Gasteiger partial charge in [0.1, 0.15) is 0 Å². The molecule has 5 nitrogen and oxygen atoms in total. The minimum absolute atomic E-state index is 0.0111. The van der Waals surface area contributed by atoms with Crippen molar-refractivity contribution in [1.82, 2.24) is 10.2 Å². The molecule has 3 N–H and O–H groups in total. The first-order chi connectivity index (χ1) is 8.08. The normalized spacial score (nSPS) is 23.3. The van der Waals surface area contributed by atoms with Gasteiger partial charge < -0.3 is 16.0 Å². The lowest BCUT2D eigenvalue weighted by Gasteiger charge is -2.33. The van der Waals surface area contributed by atoms with E-state index in [1.807, 2.05) is 0 Å². The Kier molecular flexibility index (Phi) is 3.66. The van der Waals surface area contributed by atoms with Crippen molar-refractivity contribution < 1.29 is 9.59 Å². The molecular formula is C12H21N3O2. The number of hydrogen-bond acceptors (Lipinski definition) is 3. The van der Waals surface area contributed by atoms with E-state index < -0.39 is 6.04 Å². The van der Waals surface area contributed by atoms with Crippen molar-refractivity contribution in [1.29, 1.82) is 0 Å². The highest BCUT2D eigenvalue weighted by atomic mass is 16.2. The standard InChI is InChI=1S/C12H21N3O2/c1-8(13)12(17)15-6-4-10(5-7-15)14-11(16)9-2-3-9/h8-10H,2-7,13H2,1H3,(H,14,16). The summed E-state index contributed by atoms with van der Waals surface area (Å²) < 4.78 is 0. The Morgan fingerprint density at radius 3 is 2.29 bits per heavy atom. The molecule has 1 atom stereocenters. The lowest BCUT2D eigenvalue weighted by atomic mass is 10.0. The molecule has 2 rings (SSSR count). The maximum atomic E-state index is 11.7. The van der Waals surface area contributed by atoms with Crippen molar-refractivity contribution in [2.24, 2.45) is 11.7 Å². The van der Waals surface area contributed by atoms with E-state index in [2.05, 4.69) is 5.32 Å². The Hall–Kier alpha value is -1.10. The number of nitrogens with one attached hydrogen (secondary N) is 1. The van der Waals surface area contributed by atoms with Crippen LogP contribution in [0, 0.1) is 5.92 Å². The molecule has 1 unspecified atom stereocenters. The molecule has 1 saturated heterocycles. The third-order valence-electron chi connectivity index (χ3n) is 3.49. The number of carbonyl (C=O) groups excluding carboxylic acids is 2. The monoisotopic (exact) mass is 239 g/mol. The summed E-state index contributed by atoms with van der Waals surface area (Å²) in [4.78, 5) is 25.0. The molecule has 0 radical (unpaired) electrons. The average Bonchev–Trinajstić information content (AvgIpc) is 3.12. The molecule has 5 heteroatoms. The summed E-state index contributed by atoms with van der Waals surface area (Å²) in [5.74, 6) is 0.470. The van der Waals surface area contributed by atoms with E-state index in [1.54, 1.807) is 11.8 Å². The fraction of sp³-hybridized carbons (Fsp3) is 0.833. The Morgan fingerprint density at radius 2 is 1.82 bits per heavy atom. The molecule has 2 aliphatic rings. The first-order valence-electron chi connectivity index (χ1n) is 6.42. The lowest BCUT2D eigenvalue weighted by molar-refractivity contribution is -0.133. The quantitative estimate of drug-likeness (QED) is 0.719. The number of piperidine rings is 1. The van der Waals surface area contributed by atoms with Gasteiger partial charge in [-0.2, -0.15) is 0 Å². The first-order valence-corrected chi connectivity index (χ1v) is 6.42. The molecule has 1 saturated carbocycles. The number of likely N-dealkylation sites (tertiary alicyclic amines) is 1. The van der Waals surface area contributed by atoms with Crippen molar-refractivity contribution in [2.45, 2.75) is 44.7 Å². The van der Waals surface area contributed by atoms with Crippen LogP contribution in [0.25, 0.3) is 0 Å². The van der Waals surface area contributed by atoms with Crippen LogP contribution in [0.3, 0.4) is 0 Å².